The molecule has 6 atom stereocenters. The van der Waals surface area contributed by atoms with Gasteiger partial charge in [0.25, 0.3) is 5.91 Å². The third-order valence-electron chi connectivity index (χ3n) is 6.56. The molecule has 0 saturated heterocycles. The Kier molecular flexibility index (Phi) is 6.38. The molecule has 1 aliphatic heterocycles. The first-order valence-electron chi connectivity index (χ1n) is 10.6. The van der Waals surface area contributed by atoms with Crippen LogP contribution in [0.25, 0.3) is 0 Å². The van der Waals surface area contributed by atoms with E-state index in [4.69, 9.17) is 9.47 Å². The van der Waals surface area contributed by atoms with Gasteiger partial charge in [-0.15, -0.1) is 11.3 Å². The summed E-state index contributed by atoms with van der Waals surface area (Å²) in [5.74, 6) is 1.85. The Morgan fingerprint density at radius 1 is 1.39 bits per heavy atom. The maximum absolute atomic E-state index is 13.0. The average molecular weight is 406 g/mol. The van der Waals surface area contributed by atoms with E-state index in [0.29, 0.717) is 24.7 Å². The SMILES string of the molecule is CCO[C@@H]1OC(C(=O)NC2CC3CCC2C3)=C[C@H](c2cccs2)[C@@H]1CCCO. The van der Waals surface area contributed by atoms with Crippen LogP contribution < -0.4 is 5.32 Å². The van der Waals surface area contributed by atoms with E-state index in [0.717, 1.165) is 18.8 Å². The summed E-state index contributed by atoms with van der Waals surface area (Å²) >= 11 is 1.69. The maximum Gasteiger partial charge on any atom is 0.286 e. The zero-order chi connectivity index (χ0) is 19.5. The Labute approximate surface area is 171 Å². The van der Waals surface area contributed by atoms with Crippen LogP contribution >= 0.6 is 11.3 Å². The molecule has 2 heterocycles. The van der Waals surface area contributed by atoms with E-state index < -0.39 is 6.29 Å². The zero-order valence-corrected chi connectivity index (χ0v) is 17.3. The minimum Gasteiger partial charge on any atom is -0.459 e. The lowest BCUT2D eigenvalue weighted by Gasteiger charge is -2.37. The molecule has 0 aromatic carbocycles. The van der Waals surface area contributed by atoms with Crippen LogP contribution in [0.1, 0.15) is 56.2 Å². The van der Waals surface area contributed by atoms with Gasteiger partial charge in [-0.05, 0) is 68.4 Å². The van der Waals surface area contributed by atoms with Crippen LogP contribution in [-0.2, 0) is 14.3 Å². The first-order chi connectivity index (χ1) is 13.7. The fraction of sp³-hybridized carbons (Fsp3) is 0.682. The van der Waals surface area contributed by atoms with Crippen molar-refractivity contribution in [2.45, 2.75) is 63.7 Å². The number of thiophene rings is 1. The van der Waals surface area contributed by atoms with Crippen molar-refractivity contribution in [2.24, 2.45) is 17.8 Å². The highest BCUT2D eigenvalue weighted by atomic mass is 32.1. The summed E-state index contributed by atoms with van der Waals surface area (Å²) in [6.07, 6.45) is 7.91. The van der Waals surface area contributed by atoms with Gasteiger partial charge in [0.2, 0.25) is 6.29 Å². The molecule has 2 N–H and O–H groups in total. The van der Waals surface area contributed by atoms with Crippen LogP contribution in [0.3, 0.4) is 0 Å². The number of allylic oxidation sites excluding steroid dienone is 1. The van der Waals surface area contributed by atoms with Crippen molar-refractivity contribution < 1.29 is 19.4 Å². The Balaban J connectivity index is 1.54. The van der Waals surface area contributed by atoms with Crippen molar-refractivity contribution in [1.82, 2.24) is 5.32 Å². The van der Waals surface area contributed by atoms with Crippen LogP contribution in [0.15, 0.2) is 29.3 Å². The third kappa shape index (κ3) is 4.14. The fourth-order valence-corrected chi connectivity index (χ4v) is 6.11. The van der Waals surface area contributed by atoms with E-state index in [2.05, 4.69) is 16.8 Å². The molecule has 2 aliphatic carbocycles. The van der Waals surface area contributed by atoms with Crippen LogP contribution in [-0.4, -0.2) is 36.6 Å². The molecule has 154 valence electrons. The summed E-state index contributed by atoms with van der Waals surface area (Å²) < 4.78 is 12.0. The van der Waals surface area contributed by atoms with Crippen LogP contribution in [0, 0.1) is 17.8 Å². The van der Waals surface area contributed by atoms with Gasteiger partial charge in [0.1, 0.15) is 0 Å². The summed E-state index contributed by atoms with van der Waals surface area (Å²) in [4.78, 5) is 14.2. The van der Waals surface area contributed by atoms with E-state index in [1.165, 1.54) is 24.1 Å². The lowest BCUT2D eigenvalue weighted by molar-refractivity contribution is -0.166. The summed E-state index contributed by atoms with van der Waals surface area (Å²) in [5.41, 5.74) is 0. The number of carbonyl (C=O) groups excluding carboxylic acids is 1. The van der Waals surface area contributed by atoms with Gasteiger partial charge >= 0.3 is 0 Å². The summed E-state index contributed by atoms with van der Waals surface area (Å²) in [6, 6.07) is 4.43. The van der Waals surface area contributed by atoms with Crippen LogP contribution in [0.2, 0.25) is 0 Å². The lowest BCUT2D eigenvalue weighted by Crippen LogP contribution is -2.43. The first-order valence-corrected chi connectivity index (χ1v) is 11.5. The summed E-state index contributed by atoms with van der Waals surface area (Å²) in [6.45, 7) is 2.62. The van der Waals surface area contributed by atoms with Gasteiger partial charge in [-0.2, -0.15) is 0 Å². The Bertz CT molecular complexity index is 689. The molecule has 6 heteroatoms. The van der Waals surface area contributed by atoms with Crippen LogP contribution in [0.5, 0.6) is 0 Å². The summed E-state index contributed by atoms with van der Waals surface area (Å²) in [5, 5.41) is 14.6. The highest BCUT2D eigenvalue weighted by Crippen LogP contribution is 2.45. The molecule has 0 radical (unpaired) electrons. The number of rotatable bonds is 8. The maximum atomic E-state index is 13.0. The Hall–Kier alpha value is -1.37. The van der Waals surface area contributed by atoms with Gasteiger partial charge in [-0.1, -0.05) is 12.5 Å². The second-order valence-corrected chi connectivity index (χ2v) is 9.28. The van der Waals surface area contributed by atoms with E-state index in [9.17, 15) is 9.90 Å². The molecule has 0 spiro atoms. The van der Waals surface area contributed by atoms with Gasteiger partial charge in [-0.3, -0.25) is 4.79 Å². The van der Waals surface area contributed by atoms with Gasteiger partial charge in [0, 0.05) is 36.0 Å². The van der Waals surface area contributed by atoms with Crippen molar-refractivity contribution in [3.63, 3.8) is 0 Å². The zero-order valence-electron chi connectivity index (χ0n) is 16.5. The number of hydrogen-bond acceptors (Lipinski definition) is 5. The Morgan fingerprint density at radius 3 is 2.93 bits per heavy atom. The molecular weight excluding hydrogens is 374 g/mol. The molecule has 3 aliphatic rings. The predicted molar refractivity (Wildman–Crippen MR) is 109 cm³/mol. The van der Waals surface area contributed by atoms with Crippen molar-refractivity contribution >= 4 is 17.2 Å². The van der Waals surface area contributed by atoms with Crippen molar-refractivity contribution in [1.29, 1.82) is 0 Å². The molecule has 4 rings (SSSR count). The predicted octanol–water partition coefficient (Wildman–Crippen LogP) is 3.80. The van der Waals surface area contributed by atoms with Gasteiger partial charge in [0.05, 0.1) is 0 Å². The Morgan fingerprint density at radius 2 is 2.29 bits per heavy atom. The number of amides is 1. The molecule has 2 saturated carbocycles. The number of aliphatic hydroxyl groups is 1. The molecular formula is C22H31NO4S. The normalized spacial score (nSPS) is 34.1. The highest BCUT2D eigenvalue weighted by Gasteiger charge is 2.42. The van der Waals surface area contributed by atoms with Gasteiger partial charge < -0.3 is 19.9 Å². The fourth-order valence-electron chi connectivity index (χ4n) is 5.24. The van der Waals surface area contributed by atoms with Gasteiger partial charge in [-0.25, -0.2) is 0 Å². The second-order valence-electron chi connectivity index (χ2n) is 8.30. The molecule has 1 amide bonds. The van der Waals surface area contributed by atoms with Crippen molar-refractivity contribution in [2.75, 3.05) is 13.2 Å². The quantitative estimate of drug-likeness (QED) is 0.690. The molecule has 28 heavy (non-hydrogen) atoms. The van der Waals surface area contributed by atoms with Crippen molar-refractivity contribution in [3.8, 4) is 0 Å². The van der Waals surface area contributed by atoms with E-state index >= 15 is 0 Å². The number of nitrogens with one attached hydrogen (secondary N) is 1. The van der Waals surface area contributed by atoms with Crippen molar-refractivity contribution in [3.05, 3.63) is 34.2 Å². The standard InChI is InChI=1S/C22H31NO4S/c1-2-26-22-16(5-3-9-24)17(20-6-4-10-28-20)13-19(27-22)21(25)23-18-12-14-7-8-15(18)11-14/h4,6,10,13-18,22,24H,2-3,5,7-9,11-12H2,1H3,(H,23,25)/t14?,15?,16-,17-,18?,22+/m0/s1. The average Bonchev–Trinajstić information content (AvgIpc) is 3.45. The smallest absolute Gasteiger partial charge is 0.286 e. The van der Waals surface area contributed by atoms with Gasteiger partial charge in [0.15, 0.2) is 5.76 Å². The van der Waals surface area contributed by atoms with E-state index in [-0.39, 0.29) is 30.4 Å². The number of hydrogen-bond donors (Lipinski definition) is 2. The first kappa shape index (κ1) is 19.9. The molecule has 2 bridgehead atoms. The molecule has 1 aromatic heterocycles. The van der Waals surface area contributed by atoms with E-state index in [1.807, 2.05) is 19.1 Å². The largest absolute Gasteiger partial charge is 0.459 e. The summed E-state index contributed by atoms with van der Waals surface area (Å²) in [7, 11) is 0. The molecule has 1 aromatic rings. The highest BCUT2D eigenvalue weighted by molar-refractivity contribution is 7.10. The number of fused-ring (bicyclic) bond motifs is 2. The second kappa shape index (κ2) is 8.97. The topological polar surface area (TPSA) is 67.8 Å². The van der Waals surface area contributed by atoms with E-state index in [1.54, 1.807) is 11.3 Å². The minimum absolute atomic E-state index is 0.0672. The minimum atomic E-state index is -0.463. The monoisotopic (exact) mass is 405 g/mol. The molecule has 3 unspecified atom stereocenters. The number of carbonyl (C=O) groups is 1. The number of aliphatic hydroxyl groups excluding tert-OH is 1. The number of ether oxygens (including phenoxy) is 2. The lowest BCUT2D eigenvalue weighted by atomic mass is 9.84. The molecule has 5 nitrogen and oxygen atoms in total. The third-order valence-corrected chi connectivity index (χ3v) is 7.54. The molecule has 2 fully saturated rings. The van der Waals surface area contributed by atoms with Crippen LogP contribution in [0.4, 0.5) is 0 Å².